The second-order valence-corrected chi connectivity index (χ2v) is 7.23. The van der Waals surface area contributed by atoms with Gasteiger partial charge in [-0.1, -0.05) is 23.2 Å². The molecule has 1 aliphatic carbocycles. The van der Waals surface area contributed by atoms with E-state index >= 15 is 0 Å². The van der Waals surface area contributed by atoms with Crippen molar-refractivity contribution in [3.63, 3.8) is 0 Å². The molecule has 1 aromatic heterocycles. The Morgan fingerprint density at radius 2 is 2.25 bits per heavy atom. The third-order valence-electron chi connectivity index (χ3n) is 4.47. The molecular weight excluding hydrogens is 409 g/mol. The van der Waals surface area contributed by atoms with Crippen LogP contribution < -0.4 is 10.6 Å². The summed E-state index contributed by atoms with van der Waals surface area (Å²) in [6.45, 7) is 1.80. The largest absolute Gasteiger partial charge is 0.466 e. The average molecular weight is 428 g/mol. The van der Waals surface area contributed by atoms with Crippen LogP contribution in [0, 0.1) is 10.1 Å². The highest BCUT2D eigenvalue weighted by Gasteiger charge is 2.41. The van der Waals surface area contributed by atoms with Crippen molar-refractivity contribution in [1.82, 2.24) is 20.5 Å². The van der Waals surface area contributed by atoms with Gasteiger partial charge in [-0.25, -0.2) is 9.78 Å². The van der Waals surface area contributed by atoms with E-state index in [9.17, 15) is 14.9 Å². The Bertz CT molecular complexity index is 869. The lowest BCUT2D eigenvalue weighted by Gasteiger charge is -2.35. The molecule has 1 saturated carbocycles. The zero-order valence-electron chi connectivity index (χ0n) is 15.2. The number of esters is 1. The van der Waals surface area contributed by atoms with E-state index in [1.165, 1.54) is 13.2 Å². The number of methoxy groups -OCH3 is 1. The summed E-state index contributed by atoms with van der Waals surface area (Å²) in [5, 5.41) is 18.3. The third-order valence-corrected chi connectivity index (χ3v) is 5.16. The fraction of sp³-hybridized carbons (Fsp3) is 0.412. The molecule has 11 heteroatoms. The molecule has 3 rings (SSSR count). The van der Waals surface area contributed by atoms with Crippen LogP contribution in [0.15, 0.2) is 35.7 Å². The summed E-state index contributed by atoms with van der Waals surface area (Å²) < 4.78 is 4.70. The molecule has 0 amide bonds. The number of ether oxygens (including phenoxy) is 1. The Kier molecular flexibility index (Phi) is 5.95. The average Bonchev–Trinajstić information content (AvgIpc) is 3.48. The van der Waals surface area contributed by atoms with E-state index in [1.807, 2.05) is 6.92 Å². The fourth-order valence-corrected chi connectivity index (χ4v) is 3.15. The van der Waals surface area contributed by atoms with E-state index < -0.39 is 10.9 Å². The van der Waals surface area contributed by atoms with Crippen LogP contribution in [-0.2, 0) is 9.53 Å². The van der Waals surface area contributed by atoms with Crippen LogP contribution in [0.5, 0.6) is 0 Å². The van der Waals surface area contributed by atoms with Crippen LogP contribution in [0.4, 0.5) is 0 Å². The predicted molar refractivity (Wildman–Crippen MR) is 103 cm³/mol. The lowest BCUT2D eigenvalue weighted by molar-refractivity contribution is -0.429. The summed E-state index contributed by atoms with van der Waals surface area (Å²) >= 11 is 11.9. The highest BCUT2D eigenvalue weighted by Crippen LogP contribution is 2.36. The number of carbonyl (C=O) groups excluding carboxylic acids is 1. The molecule has 2 heterocycles. The van der Waals surface area contributed by atoms with Crippen molar-refractivity contribution in [2.75, 3.05) is 13.7 Å². The first-order valence-corrected chi connectivity index (χ1v) is 9.35. The highest BCUT2D eigenvalue weighted by atomic mass is 35.5. The summed E-state index contributed by atoms with van der Waals surface area (Å²) in [7, 11) is 1.28. The lowest BCUT2D eigenvalue weighted by atomic mass is 10.1. The zero-order valence-corrected chi connectivity index (χ0v) is 16.8. The Labute approximate surface area is 171 Å². The second-order valence-electron chi connectivity index (χ2n) is 6.47. The van der Waals surface area contributed by atoms with Crippen molar-refractivity contribution >= 4 is 29.2 Å². The highest BCUT2D eigenvalue weighted by molar-refractivity contribution is 6.41. The number of rotatable bonds is 6. The van der Waals surface area contributed by atoms with E-state index in [4.69, 9.17) is 27.9 Å². The Balaban J connectivity index is 1.97. The first-order valence-electron chi connectivity index (χ1n) is 8.59. The number of hydrogen-bond acceptors (Lipinski definition) is 8. The van der Waals surface area contributed by atoms with Crippen LogP contribution in [0.2, 0.25) is 10.2 Å². The third kappa shape index (κ3) is 4.31. The van der Waals surface area contributed by atoms with E-state index in [0.29, 0.717) is 16.7 Å². The molecule has 2 N–H and O–H groups in total. The molecule has 0 spiro atoms. The molecule has 0 bridgehead atoms. The molecule has 0 aromatic carbocycles. The van der Waals surface area contributed by atoms with Gasteiger partial charge in [0.2, 0.25) is 0 Å². The van der Waals surface area contributed by atoms with Crippen LogP contribution in [0.1, 0.15) is 31.4 Å². The van der Waals surface area contributed by atoms with Gasteiger partial charge in [-0.2, -0.15) is 0 Å². The Morgan fingerprint density at radius 3 is 2.82 bits per heavy atom. The number of pyridine rings is 1. The zero-order chi connectivity index (χ0) is 20.4. The van der Waals surface area contributed by atoms with Gasteiger partial charge in [0.05, 0.1) is 29.2 Å². The number of carbonyl (C=O) groups is 1. The fourth-order valence-electron chi connectivity index (χ4n) is 2.87. The molecule has 0 saturated heterocycles. The number of halogens is 2. The van der Waals surface area contributed by atoms with Crippen molar-refractivity contribution in [1.29, 1.82) is 0 Å². The Hall–Kier alpha value is -2.52. The monoisotopic (exact) mass is 427 g/mol. The van der Waals surface area contributed by atoms with Crippen LogP contribution in [-0.4, -0.2) is 40.5 Å². The van der Waals surface area contributed by atoms with E-state index in [1.54, 1.807) is 17.2 Å². The molecule has 1 aliphatic heterocycles. The minimum atomic E-state index is -0.543. The van der Waals surface area contributed by atoms with Gasteiger partial charge in [-0.3, -0.25) is 10.1 Å². The van der Waals surface area contributed by atoms with Gasteiger partial charge >= 0.3 is 11.7 Å². The molecule has 1 atom stereocenters. The number of hydrogen-bond donors (Lipinski definition) is 2. The molecule has 1 unspecified atom stereocenters. The maximum atomic E-state index is 11.7. The molecule has 150 valence electrons. The predicted octanol–water partition coefficient (Wildman–Crippen LogP) is 2.57. The molecule has 2 aliphatic rings. The lowest BCUT2D eigenvalue weighted by Crippen LogP contribution is -2.46. The van der Waals surface area contributed by atoms with Crippen LogP contribution in [0.25, 0.3) is 0 Å². The standard InChI is InChI=1S/C17H19Cl2N5O4/c1-9(10-5-12(18)16(19)21-7-10)22-17-13(24(26)27)8-20-14(6-15(25)28-2)23(17)11-3-4-11/h5-7,9,11,20,22H,3-4,8H2,1-2H3/b14-6+. The molecule has 1 aromatic rings. The maximum Gasteiger partial charge on any atom is 0.334 e. The van der Waals surface area contributed by atoms with Gasteiger partial charge in [0.15, 0.2) is 5.82 Å². The SMILES string of the molecule is COC(=O)/C=C1\NCC([N+](=O)[O-])=C(NC(C)c2cnc(Cl)c(Cl)c2)N1C1CC1. The number of nitro groups is 1. The molecule has 1 fully saturated rings. The van der Waals surface area contributed by atoms with Crippen LogP contribution >= 0.6 is 23.2 Å². The van der Waals surface area contributed by atoms with E-state index in [-0.39, 0.29) is 29.5 Å². The second kappa shape index (κ2) is 8.24. The summed E-state index contributed by atoms with van der Waals surface area (Å²) in [6, 6.07) is 1.38. The van der Waals surface area contributed by atoms with Gasteiger partial charge in [-0.15, -0.1) is 0 Å². The van der Waals surface area contributed by atoms with Crippen molar-refractivity contribution in [2.45, 2.75) is 31.8 Å². The van der Waals surface area contributed by atoms with Gasteiger partial charge in [0, 0.05) is 12.2 Å². The van der Waals surface area contributed by atoms with Crippen molar-refractivity contribution in [3.8, 4) is 0 Å². The first kappa shape index (κ1) is 20.2. The Morgan fingerprint density at radius 1 is 1.54 bits per heavy atom. The minimum absolute atomic E-state index is 0.0196. The number of nitrogens with one attached hydrogen (secondary N) is 2. The van der Waals surface area contributed by atoms with Gasteiger partial charge < -0.3 is 20.3 Å². The summed E-state index contributed by atoms with van der Waals surface area (Å²) in [5.41, 5.74) is 0.700. The van der Waals surface area contributed by atoms with Gasteiger partial charge in [-0.05, 0) is 31.4 Å². The number of aromatic nitrogens is 1. The summed E-state index contributed by atoms with van der Waals surface area (Å²) in [5.74, 6) is 0.251. The summed E-state index contributed by atoms with van der Waals surface area (Å²) in [4.78, 5) is 28.7. The van der Waals surface area contributed by atoms with Crippen molar-refractivity contribution in [3.05, 3.63) is 61.5 Å². The molecule has 28 heavy (non-hydrogen) atoms. The smallest absolute Gasteiger partial charge is 0.334 e. The summed E-state index contributed by atoms with van der Waals surface area (Å²) in [6.07, 6.45) is 4.58. The molecule has 9 nitrogen and oxygen atoms in total. The van der Waals surface area contributed by atoms with Crippen molar-refractivity contribution in [2.24, 2.45) is 0 Å². The maximum absolute atomic E-state index is 11.7. The number of nitrogens with zero attached hydrogens (tertiary/aromatic N) is 3. The van der Waals surface area contributed by atoms with Crippen molar-refractivity contribution < 1.29 is 14.5 Å². The van der Waals surface area contributed by atoms with Crippen LogP contribution in [0.3, 0.4) is 0 Å². The van der Waals surface area contributed by atoms with E-state index in [2.05, 4.69) is 15.6 Å². The van der Waals surface area contributed by atoms with Gasteiger partial charge in [0.1, 0.15) is 17.5 Å². The molecular formula is C17H19Cl2N5O4. The minimum Gasteiger partial charge on any atom is -0.466 e. The topological polar surface area (TPSA) is 110 Å². The first-order chi connectivity index (χ1) is 13.3. The quantitative estimate of drug-likeness (QED) is 0.234. The molecule has 0 radical (unpaired) electrons. The van der Waals surface area contributed by atoms with E-state index in [0.717, 1.165) is 18.4 Å². The normalized spacial score (nSPS) is 19.3. The van der Waals surface area contributed by atoms with Gasteiger partial charge in [0.25, 0.3) is 0 Å².